The van der Waals surface area contributed by atoms with Crippen LogP contribution in [0.5, 0.6) is 5.75 Å². The number of benzene rings is 2. The molecule has 0 spiro atoms. The molecule has 1 aliphatic heterocycles. The molecule has 1 atom stereocenters. The Balaban J connectivity index is 1.42. The minimum absolute atomic E-state index is 0.00753. The molecule has 0 bridgehead atoms. The molecule has 3 aromatic rings. The lowest BCUT2D eigenvalue weighted by atomic mass is 10.0. The maximum atomic E-state index is 12.8. The van der Waals surface area contributed by atoms with Crippen molar-refractivity contribution in [2.24, 2.45) is 5.73 Å². The molecule has 0 saturated carbocycles. The maximum Gasteiger partial charge on any atom is 0.248 e. The van der Waals surface area contributed by atoms with Gasteiger partial charge in [0.15, 0.2) is 0 Å². The van der Waals surface area contributed by atoms with E-state index in [1.54, 1.807) is 41.6 Å². The van der Waals surface area contributed by atoms with Crippen LogP contribution >= 0.6 is 0 Å². The van der Waals surface area contributed by atoms with Crippen LogP contribution in [0.15, 0.2) is 60.9 Å². The van der Waals surface area contributed by atoms with Crippen LogP contribution in [-0.4, -0.2) is 53.0 Å². The monoisotopic (exact) mass is 446 g/mol. The molecule has 33 heavy (non-hydrogen) atoms. The van der Waals surface area contributed by atoms with Crippen LogP contribution in [-0.2, 0) is 9.53 Å². The van der Waals surface area contributed by atoms with Crippen molar-refractivity contribution in [3.8, 4) is 17.0 Å². The number of amides is 2. The highest BCUT2D eigenvalue weighted by molar-refractivity contribution is 5.93. The molecule has 170 valence electrons. The Hall–Kier alpha value is -3.78. The molecule has 4 rings (SSSR count). The molecule has 0 aliphatic carbocycles. The molecule has 1 fully saturated rings. The van der Waals surface area contributed by atoms with Gasteiger partial charge >= 0.3 is 0 Å². The summed E-state index contributed by atoms with van der Waals surface area (Å²) in [5.41, 5.74) is 8.88. The van der Waals surface area contributed by atoms with Gasteiger partial charge in [0.05, 0.1) is 37.6 Å². The summed E-state index contributed by atoms with van der Waals surface area (Å²) in [4.78, 5) is 34.9. The van der Waals surface area contributed by atoms with Crippen molar-refractivity contribution in [1.82, 2.24) is 14.9 Å². The van der Waals surface area contributed by atoms with Crippen molar-refractivity contribution in [2.75, 3.05) is 26.3 Å². The van der Waals surface area contributed by atoms with E-state index in [-0.39, 0.29) is 12.3 Å². The minimum Gasteiger partial charge on any atom is -0.493 e. The lowest BCUT2D eigenvalue weighted by Gasteiger charge is -2.33. The standard InChI is InChI=1S/C25H26N4O4/c1-17-4-2-3-5-20(17)32-14-10-22(30)29-13-15-33-21(16-29)24-23(27-11-12-28-24)18-6-8-19(9-7-18)25(26)31/h2-9,11-12,21H,10,13-16H2,1H3,(H2,26,31)/t21-/m1/s1. The lowest BCUT2D eigenvalue weighted by molar-refractivity contribution is -0.139. The molecular formula is C25H26N4O4. The van der Waals surface area contributed by atoms with Crippen LogP contribution in [0, 0.1) is 6.92 Å². The van der Waals surface area contributed by atoms with Crippen molar-refractivity contribution >= 4 is 11.8 Å². The number of para-hydroxylation sites is 1. The van der Waals surface area contributed by atoms with E-state index >= 15 is 0 Å². The Labute approximate surface area is 192 Å². The molecule has 1 aliphatic rings. The molecule has 8 nitrogen and oxygen atoms in total. The van der Waals surface area contributed by atoms with Crippen LogP contribution in [0.25, 0.3) is 11.3 Å². The van der Waals surface area contributed by atoms with Crippen molar-refractivity contribution in [3.05, 3.63) is 77.7 Å². The topological polar surface area (TPSA) is 108 Å². The van der Waals surface area contributed by atoms with Gasteiger partial charge in [-0.1, -0.05) is 30.3 Å². The third-order valence-corrected chi connectivity index (χ3v) is 5.56. The molecule has 0 unspecified atom stereocenters. The fraction of sp³-hybridized carbons (Fsp3) is 0.280. The Morgan fingerprint density at radius 2 is 1.88 bits per heavy atom. The number of ether oxygens (including phenoxy) is 2. The van der Waals surface area contributed by atoms with Gasteiger partial charge in [-0.05, 0) is 30.7 Å². The summed E-state index contributed by atoms with van der Waals surface area (Å²) in [5.74, 6) is 0.307. The smallest absolute Gasteiger partial charge is 0.248 e. The van der Waals surface area contributed by atoms with Crippen molar-refractivity contribution < 1.29 is 19.1 Å². The van der Waals surface area contributed by atoms with Crippen LogP contribution in [0.1, 0.15) is 34.1 Å². The average Bonchev–Trinajstić information content (AvgIpc) is 2.85. The number of morpholine rings is 1. The number of nitrogens with zero attached hydrogens (tertiary/aromatic N) is 3. The van der Waals surface area contributed by atoms with Gasteiger partial charge < -0.3 is 20.1 Å². The molecule has 8 heteroatoms. The Morgan fingerprint density at radius 1 is 1.12 bits per heavy atom. The first kappa shape index (κ1) is 22.4. The number of primary amides is 1. The van der Waals surface area contributed by atoms with Crippen LogP contribution in [0.3, 0.4) is 0 Å². The average molecular weight is 447 g/mol. The van der Waals surface area contributed by atoms with Gasteiger partial charge in [0, 0.05) is 30.1 Å². The number of nitrogens with two attached hydrogens (primary N) is 1. The Bertz CT molecular complexity index is 1130. The molecule has 2 heterocycles. The third-order valence-electron chi connectivity index (χ3n) is 5.56. The quantitative estimate of drug-likeness (QED) is 0.598. The van der Waals surface area contributed by atoms with Crippen molar-refractivity contribution in [3.63, 3.8) is 0 Å². The number of aryl methyl sites for hydroxylation is 1. The van der Waals surface area contributed by atoms with E-state index in [1.807, 2.05) is 31.2 Å². The van der Waals surface area contributed by atoms with Gasteiger partial charge in [0.2, 0.25) is 11.8 Å². The summed E-state index contributed by atoms with van der Waals surface area (Å²) in [6, 6.07) is 14.6. The van der Waals surface area contributed by atoms with Gasteiger partial charge in [-0.25, -0.2) is 0 Å². The van der Waals surface area contributed by atoms with Crippen molar-refractivity contribution in [2.45, 2.75) is 19.4 Å². The van der Waals surface area contributed by atoms with E-state index in [0.29, 0.717) is 43.3 Å². The molecular weight excluding hydrogens is 420 g/mol. The first-order valence-corrected chi connectivity index (χ1v) is 10.8. The van der Waals surface area contributed by atoms with Gasteiger partial charge in [-0.2, -0.15) is 0 Å². The molecule has 2 N–H and O–H groups in total. The predicted molar refractivity (Wildman–Crippen MR) is 123 cm³/mol. The number of rotatable bonds is 7. The fourth-order valence-electron chi connectivity index (χ4n) is 3.77. The van der Waals surface area contributed by atoms with E-state index in [0.717, 1.165) is 16.9 Å². The van der Waals surface area contributed by atoms with Gasteiger partial charge in [-0.15, -0.1) is 0 Å². The summed E-state index contributed by atoms with van der Waals surface area (Å²) < 4.78 is 11.7. The lowest BCUT2D eigenvalue weighted by Crippen LogP contribution is -2.43. The third kappa shape index (κ3) is 5.35. The first-order valence-electron chi connectivity index (χ1n) is 10.8. The molecule has 1 aromatic heterocycles. The summed E-state index contributed by atoms with van der Waals surface area (Å²) in [6.07, 6.45) is 3.09. The van der Waals surface area contributed by atoms with Gasteiger partial charge in [0.1, 0.15) is 11.9 Å². The highest BCUT2D eigenvalue weighted by Gasteiger charge is 2.28. The van der Waals surface area contributed by atoms with Crippen molar-refractivity contribution in [1.29, 1.82) is 0 Å². The molecule has 0 radical (unpaired) electrons. The van der Waals surface area contributed by atoms with E-state index < -0.39 is 12.0 Å². The zero-order valence-electron chi connectivity index (χ0n) is 18.4. The minimum atomic E-state index is -0.489. The first-order chi connectivity index (χ1) is 16.0. The summed E-state index contributed by atoms with van der Waals surface area (Å²) >= 11 is 0. The highest BCUT2D eigenvalue weighted by Crippen LogP contribution is 2.29. The second kappa shape index (κ2) is 10.2. The molecule has 2 amide bonds. The van der Waals surface area contributed by atoms with E-state index in [9.17, 15) is 9.59 Å². The Kier molecular flexibility index (Phi) is 6.95. The summed E-state index contributed by atoms with van der Waals surface area (Å²) in [7, 11) is 0. The van der Waals surface area contributed by atoms with Gasteiger partial charge in [-0.3, -0.25) is 19.6 Å². The SMILES string of the molecule is Cc1ccccc1OCCC(=O)N1CCO[C@@H](c2nccnc2-c2ccc(C(N)=O)cc2)C1. The van der Waals surface area contributed by atoms with E-state index in [2.05, 4.69) is 9.97 Å². The van der Waals surface area contributed by atoms with Crippen LogP contribution < -0.4 is 10.5 Å². The fourth-order valence-corrected chi connectivity index (χ4v) is 3.77. The predicted octanol–water partition coefficient (Wildman–Crippen LogP) is 2.92. The van der Waals surface area contributed by atoms with E-state index in [1.165, 1.54) is 0 Å². The largest absolute Gasteiger partial charge is 0.493 e. The van der Waals surface area contributed by atoms with Gasteiger partial charge in [0.25, 0.3) is 0 Å². The zero-order chi connectivity index (χ0) is 23.2. The second-order valence-electron chi connectivity index (χ2n) is 7.79. The zero-order valence-corrected chi connectivity index (χ0v) is 18.4. The summed E-state index contributed by atoms with van der Waals surface area (Å²) in [6.45, 7) is 3.60. The molecule has 2 aromatic carbocycles. The number of carbonyl (C=O) groups excluding carboxylic acids is 2. The van der Waals surface area contributed by atoms with Crippen LogP contribution in [0.2, 0.25) is 0 Å². The second-order valence-corrected chi connectivity index (χ2v) is 7.79. The Morgan fingerprint density at radius 3 is 2.64 bits per heavy atom. The highest BCUT2D eigenvalue weighted by atomic mass is 16.5. The summed E-state index contributed by atoms with van der Waals surface area (Å²) in [5, 5.41) is 0. The number of aromatic nitrogens is 2. The number of carbonyl (C=O) groups is 2. The van der Waals surface area contributed by atoms with E-state index in [4.69, 9.17) is 15.2 Å². The van der Waals surface area contributed by atoms with Crippen LogP contribution in [0.4, 0.5) is 0 Å². The number of hydrogen-bond acceptors (Lipinski definition) is 6. The number of hydrogen-bond donors (Lipinski definition) is 1. The normalized spacial score (nSPS) is 15.8. The maximum absolute atomic E-state index is 12.8. The molecule has 1 saturated heterocycles.